The van der Waals surface area contributed by atoms with E-state index >= 15 is 0 Å². The highest BCUT2D eigenvalue weighted by Gasteiger charge is 2.12. The number of imidazole rings is 1. The van der Waals surface area contributed by atoms with Gasteiger partial charge in [-0.25, -0.2) is 10.6 Å². The van der Waals surface area contributed by atoms with Crippen LogP contribution in [0.4, 0.5) is 0 Å². The molecule has 0 fully saturated rings. The maximum Gasteiger partial charge on any atom is 0.328 e. The molecule has 2 aromatic heterocycles. The van der Waals surface area contributed by atoms with Crippen LogP contribution in [0.5, 0.6) is 0 Å². The van der Waals surface area contributed by atoms with Crippen molar-refractivity contribution in [2.24, 2.45) is 5.84 Å². The second-order valence-corrected chi connectivity index (χ2v) is 3.65. The van der Waals surface area contributed by atoms with E-state index in [2.05, 4.69) is 5.16 Å². The van der Waals surface area contributed by atoms with Gasteiger partial charge in [0.05, 0.1) is 6.54 Å². The summed E-state index contributed by atoms with van der Waals surface area (Å²) < 4.78 is 7.98. The van der Waals surface area contributed by atoms with Crippen molar-refractivity contribution in [1.29, 1.82) is 0 Å². The molecule has 2 heterocycles. The van der Waals surface area contributed by atoms with Crippen molar-refractivity contribution in [3.63, 3.8) is 0 Å². The molecule has 0 radical (unpaired) electrons. The first-order chi connectivity index (χ1) is 8.65. The quantitative estimate of drug-likeness (QED) is 0.425. The predicted molar refractivity (Wildman–Crippen MR) is 61.6 cm³/mol. The summed E-state index contributed by atoms with van der Waals surface area (Å²) in [6.45, 7) is 2.70. The number of aryl methyl sites for hydroxylation is 1. The van der Waals surface area contributed by atoms with Gasteiger partial charge in [-0.3, -0.25) is 19.4 Å². The van der Waals surface area contributed by atoms with E-state index in [1.807, 2.05) is 12.3 Å². The van der Waals surface area contributed by atoms with Crippen LogP contribution in [0.3, 0.4) is 0 Å². The Bertz CT molecular complexity index is 609. The molecular weight excluding hydrogens is 238 g/mol. The molecule has 3 N–H and O–H groups in total. The van der Waals surface area contributed by atoms with Gasteiger partial charge in [0.15, 0.2) is 11.5 Å². The van der Waals surface area contributed by atoms with Crippen LogP contribution >= 0.6 is 0 Å². The Morgan fingerprint density at radius 1 is 1.50 bits per heavy atom. The van der Waals surface area contributed by atoms with Gasteiger partial charge in [-0.15, -0.1) is 0 Å². The van der Waals surface area contributed by atoms with Crippen LogP contribution in [0.2, 0.25) is 0 Å². The molecule has 0 aliphatic heterocycles. The summed E-state index contributed by atoms with van der Waals surface area (Å²) in [6, 6.07) is 1.44. The third-order valence-corrected chi connectivity index (χ3v) is 2.51. The number of nitrogen functional groups attached to an aromatic ring is 1. The monoisotopic (exact) mass is 251 g/mol. The number of hydrogen-bond donors (Lipinski definition) is 2. The van der Waals surface area contributed by atoms with Crippen molar-refractivity contribution in [3.05, 3.63) is 40.4 Å². The number of nitrogens with two attached hydrogens (primary N) is 1. The van der Waals surface area contributed by atoms with Gasteiger partial charge in [-0.05, 0) is 6.92 Å². The second kappa shape index (κ2) is 4.88. The van der Waals surface area contributed by atoms with Gasteiger partial charge in [-0.1, -0.05) is 5.16 Å². The molecule has 0 aromatic carbocycles. The lowest BCUT2D eigenvalue weighted by atomic mass is 10.3. The number of carbonyl (C=O) groups is 1. The van der Waals surface area contributed by atoms with E-state index < -0.39 is 5.91 Å². The summed E-state index contributed by atoms with van der Waals surface area (Å²) in [5.74, 6) is 4.84. The van der Waals surface area contributed by atoms with Crippen molar-refractivity contribution in [3.8, 4) is 0 Å². The van der Waals surface area contributed by atoms with E-state index in [0.29, 0.717) is 12.3 Å². The summed E-state index contributed by atoms with van der Waals surface area (Å²) in [5.41, 5.74) is 1.89. The number of rotatable bonds is 4. The fourth-order valence-corrected chi connectivity index (χ4v) is 1.55. The zero-order valence-electron chi connectivity index (χ0n) is 9.79. The van der Waals surface area contributed by atoms with E-state index in [-0.39, 0.29) is 17.9 Å². The van der Waals surface area contributed by atoms with Crippen LogP contribution < -0.4 is 17.0 Å². The molecule has 2 aromatic rings. The Morgan fingerprint density at radius 3 is 2.83 bits per heavy atom. The molecule has 96 valence electrons. The molecule has 0 aliphatic carbocycles. The Balaban J connectivity index is 2.19. The van der Waals surface area contributed by atoms with E-state index in [1.54, 1.807) is 17.0 Å². The summed E-state index contributed by atoms with van der Waals surface area (Å²) in [6.07, 6.45) is 3.34. The topological polar surface area (TPSA) is 108 Å². The van der Waals surface area contributed by atoms with Crippen molar-refractivity contribution >= 4 is 5.91 Å². The minimum Gasteiger partial charge on any atom is -0.359 e. The number of hydrazine groups is 1. The van der Waals surface area contributed by atoms with Gasteiger partial charge >= 0.3 is 5.69 Å². The number of carbonyl (C=O) groups excluding carboxylic acids is 1. The minimum absolute atomic E-state index is 0.0791. The third-order valence-electron chi connectivity index (χ3n) is 2.51. The smallest absolute Gasteiger partial charge is 0.328 e. The Labute approximate surface area is 102 Å². The lowest BCUT2D eigenvalue weighted by molar-refractivity contribution is 0.0944. The lowest BCUT2D eigenvalue weighted by Crippen LogP contribution is -2.30. The molecule has 0 aliphatic rings. The molecule has 0 bridgehead atoms. The Morgan fingerprint density at radius 2 is 2.22 bits per heavy atom. The Hall–Kier alpha value is -2.35. The summed E-state index contributed by atoms with van der Waals surface area (Å²) >= 11 is 0. The first kappa shape index (κ1) is 12.1. The molecule has 0 atom stereocenters. The van der Waals surface area contributed by atoms with Gasteiger partial charge in [0.2, 0.25) is 0 Å². The predicted octanol–water partition coefficient (Wildman–Crippen LogP) is -0.690. The van der Waals surface area contributed by atoms with Crippen LogP contribution in [0.1, 0.15) is 23.2 Å². The minimum atomic E-state index is -0.538. The highest BCUT2D eigenvalue weighted by Crippen LogP contribution is 2.04. The molecule has 0 unspecified atom stereocenters. The van der Waals surface area contributed by atoms with Crippen LogP contribution in [0.15, 0.2) is 27.8 Å². The highest BCUT2D eigenvalue weighted by atomic mass is 16.5. The fraction of sp³-hybridized carbons (Fsp3) is 0.300. The SMILES string of the molecule is CCn1ccn(Cc2cc(C(=O)NN)no2)c1=O. The average Bonchev–Trinajstić information content (AvgIpc) is 2.97. The lowest BCUT2D eigenvalue weighted by Gasteiger charge is -1.96. The number of hydrogen-bond acceptors (Lipinski definition) is 5. The van der Waals surface area contributed by atoms with E-state index in [1.165, 1.54) is 10.6 Å². The van der Waals surface area contributed by atoms with Crippen LogP contribution in [0.25, 0.3) is 0 Å². The molecule has 0 spiro atoms. The van der Waals surface area contributed by atoms with E-state index in [0.717, 1.165) is 0 Å². The zero-order valence-corrected chi connectivity index (χ0v) is 9.79. The van der Waals surface area contributed by atoms with Gasteiger partial charge in [0.1, 0.15) is 0 Å². The highest BCUT2D eigenvalue weighted by molar-refractivity contribution is 5.91. The number of nitrogens with zero attached hydrogens (tertiary/aromatic N) is 3. The third kappa shape index (κ3) is 2.18. The normalized spacial score (nSPS) is 10.6. The fourth-order valence-electron chi connectivity index (χ4n) is 1.55. The van der Waals surface area contributed by atoms with Crippen LogP contribution in [-0.4, -0.2) is 20.2 Å². The van der Waals surface area contributed by atoms with Crippen molar-refractivity contribution in [2.75, 3.05) is 0 Å². The number of nitrogens with one attached hydrogen (secondary N) is 1. The van der Waals surface area contributed by atoms with E-state index in [9.17, 15) is 9.59 Å². The summed E-state index contributed by atoms with van der Waals surface area (Å²) in [5, 5.41) is 3.55. The summed E-state index contributed by atoms with van der Waals surface area (Å²) in [4.78, 5) is 22.9. The Kier molecular flexibility index (Phi) is 3.28. The first-order valence-electron chi connectivity index (χ1n) is 5.37. The van der Waals surface area contributed by atoms with Crippen LogP contribution in [0, 0.1) is 0 Å². The summed E-state index contributed by atoms with van der Waals surface area (Å²) in [7, 11) is 0. The van der Waals surface area contributed by atoms with Crippen molar-refractivity contribution < 1.29 is 9.32 Å². The standard InChI is InChI=1S/C10H13N5O3/c1-2-14-3-4-15(10(14)17)6-7-5-8(13-18-7)9(16)12-11/h3-5H,2,6,11H2,1H3,(H,12,16). The molecule has 2 rings (SSSR count). The van der Waals surface area contributed by atoms with Crippen molar-refractivity contribution in [2.45, 2.75) is 20.0 Å². The number of aromatic nitrogens is 3. The number of amides is 1. The largest absolute Gasteiger partial charge is 0.359 e. The molecule has 1 amide bonds. The maximum absolute atomic E-state index is 11.8. The van der Waals surface area contributed by atoms with Crippen LogP contribution in [-0.2, 0) is 13.1 Å². The molecule has 8 heteroatoms. The molecule has 8 nitrogen and oxygen atoms in total. The molecule has 0 saturated heterocycles. The van der Waals surface area contributed by atoms with Gasteiger partial charge < -0.3 is 4.52 Å². The first-order valence-corrected chi connectivity index (χ1v) is 5.37. The second-order valence-electron chi connectivity index (χ2n) is 3.65. The molecule has 0 saturated carbocycles. The molecular formula is C10H13N5O3. The van der Waals surface area contributed by atoms with Gasteiger partial charge in [0, 0.05) is 25.0 Å². The van der Waals surface area contributed by atoms with Gasteiger partial charge in [0.25, 0.3) is 5.91 Å². The zero-order chi connectivity index (χ0) is 13.1. The van der Waals surface area contributed by atoms with Gasteiger partial charge in [-0.2, -0.15) is 0 Å². The van der Waals surface area contributed by atoms with E-state index in [4.69, 9.17) is 10.4 Å². The molecule has 18 heavy (non-hydrogen) atoms. The van der Waals surface area contributed by atoms with Crippen molar-refractivity contribution in [1.82, 2.24) is 19.7 Å². The maximum atomic E-state index is 11.8. The average molecular weight is 251 g/mol.